The molecule has 10 rings (SSSR count). The smallest absolute Gasteiger partial charge is 0.214 e. The number of aliphatic imine (C=N–C) groups is 2. The minimum absolute atomic E-state index is 0. The van der Waals surface area contributed by atoms with Gasteiger partial charge in [0, 0.05) is 53.5 Å². The van der Waals surface area contributed by atoms with Gasteiger partial charge in [-0.2, -0.15) is 82.8 Å². The van der Waals surface area contributed by atoms with Gasteiger partial charge in [-0.05, 0) is 61.1 Å². The average molecular weight is 1240 g/mol. The van der Waals surface area contributed by atoms with Gasteiger partial charge in [0.1, 0.15) is 11.6 Å². The van der Waals surface area contributed by atoms with Crippen LogP contribution in [0.1, 0.15) is 0 Å². The molecule has 2 aromatic heterocycles. The van der Waals surface area contributed by atoms with Crippen LogP contribution in [0.3, 0.4) is 0 Å². The summed E-state index contributed by atoms with van der Waals surface area (Å²) in [6, 6.07) is 66.4. The van der Waals surface area contributed by atoms with Gasteiger partial charge < -0.3 is 40.2 Å². The molecule has 0 saturated carbocycles. The Morgan fingerprint density at radius 3 is 1.17 bits per heavy atom. The molecule has 10 nitrogen and oxygen atoms in total. The van der Waals surface area contributed by atoms with E-state index < -0.39 is 11.9 Å². The van der Waals surface area contributed by atoms with Crippen LogP contribution >= 0.6 is 0 Å². The summed E-state index contributed by atoms with van der Waals surface area (Å²) >= 11 is 0. The number of rotatable bonds is 8. The molecular weight excluding hydrogens is 1190 g/mol. The summed E-state index contributed by atoms with van der Waals surface area (Å²) in [5.41, 5.74) is 7.10. The minimum atomic E-state index is -0.478. The van der Waals surface area contributed by atoms with Crippen LogP contribution < -0.4 is 19.6 Å². The number of aromatic nitrogens is 2. The van der Waals surface area contributed by atoms with Crippen molar-refractivity contribution < 1.29 is 50.9 Å². The molecule has 2 aliphatic heterocycles. The summed E-state index contributed by atoms with van der Waals surface area (Å²) in [5.74, 6) is 0.228. The minimum Gasteiger partial charge on any atom is -0.502 e. The maximum atomic E-state index is 13.2. The number of fused-ring (bicyclic) bond motifs is 2. The van der Waals surface area contributed by atoms with E-state index in [1.165, 1.54) is 12.1 Å². The van der Waals surface area contributed by atoms with Crippen molar-refractivity contribution in [3.8, 4) is 0 Å². The third-order valence-electron chi connectivity index (χ3n) is 9.19. The summed E-state index contributed by atoms with van der Waals surface area (Å²) in [7, 11) is 3.81. The summed E-state index contributed by atoms with van der Waals surface area (Å²) in [6.07, 6.45) is 3.15. The predicted molar refractivity (Wildman–Crippen MR) is 257 cm³/mol. The van der Waals surface area contributed by atoms with E-state index in [9.17, 15) is 8.78 Å². The quantitative estimate of drug-likeness (QED) is 0.0651. The molecule has 0 fully saturated rings. The van der Waals surface area contributed by atoms with E-state index >= 15 is 0 Å². The first kappa shape index (κ1) is 50.0. The van der Waals surface area contributed by atoms with Gasteiger partial charge in [0.2, 0.25) is 11.9 Å². The molecule has 0 spiro atoms. The summed E-state index contributed by atoms with van der Waals surface area (Å²) < 4.78 is 26.4. The standard InChI is InChI=1S/2C13H10FN3.2C13H11N2.2Pt/c2*1-16-9-17(10-5-3-2-4-6-10)13-11(16)7-8-12(14)15-13;2*1-3-7-12(8-4-1)14-11-15-13-9-5-2-6-10-13;;/h2*2-5,7-9H,1H3;2*1-11H;;/q2*-2;2*-1;;. The van der Waals surface area contributed by atoms with E-state index in [0.717, 1.165) is 45.5 Å². The van der Waals surface area contributed by atoms with Crippen LogP contribution in [0.15, 0.2) is 204 Å². The molecular formula is C52H42F2N10Pt2-6. The molecule has 0 radical (unpaired) electrons. The van der Waals surface area contributed by atoms with E-state index in [-0.39, 0.29) is 42.1 Å². The van der Waals surface area contributed by atoms with Crippen molar-refractivity contribution >= 4 is 69.8 Å². The van der Waals surface area contributed by atoms with Gasteiger partial charge in [-0.1, -0.05) is 134 Å². The second-order valence-corrected chi connectivity index (χ2v) is 13.7. The molecule has 8 aromatic rings. The summed E-state index contributed by atoms with van der Waals surface area (Å²) in [6.45, 7) is 3.73. The molecule has 0 amide bonds. The Labute approximate surface area is 414 Å². The molecule has 2 aliphatic rings. The molecule has 6 aromatic carbocycles. The van der Waals surface area contributed by atoms with Crippen molar-refractivity contribution in [2.75, 3.05) is 33.7 Å². The van der Waals surface area contributed by atoms with E-state index in [1.54, 1.807) is 24.8 Å². The van der Waals surface area contributed by atoms with Gasteiger partial charge in [0.15, 0.2) is 0 Å². The number of benzene rings is 6. The fraction of sp³-hybridized carbons (Fsp3) is 0.0385. The molecule has 0 saturated heterocycles. The van der Waals surface area contributed by atoms with Crippen LogP contribution in [0.2, 0.25) is 0 Å². The van der Waals surface area contributed by atoms with Crippen molar-refractivity contribution in [2.24, 2.45) is 9.98 Å². The number of anilines is 6. The summed E-state index contributed by atoms with van der Waals surface area (Å²) in [5, 5.41) is 8.42. The van der Waals surface area contributed by atoms with Gasteiger partial charge >= 0.3 is 0 Å². The van der Waals surface area contributed by atoms with Gasteiger partial charge in [0.05, 0.1) is 0 Å². The third-order valence-corrected chi connectivity index (χ3v) is 9.19. The number of pyridine rings is 2. The second kappa shape index (κ2) is 26.1. The first-order valence-electron chi connectivity index (χ1n) is 20.1. The first-order chi connectivity index (χ1) is 31.4. The zero-order valence-corrected chi connectivity index (χ0v) is 40.2. The first-order valence-corrected chi connectivity index (χ1v) is 20.1. The fourth-order valence-corrected chi connectivity index (χ4v) is 6.12. The Morgan fingerprint density at radius 2 is 0.818 bits per heavy atom. The molecule has 4 heterocycles. The molecule has 0 bridgehead atoms. The molecule has 0 unspecified atom stereocenters. The van der Waals surface area contributed by atoms with Crippen LogP contribution in [0, 0.1) is 37.4 Å². The van der Waals surface area contributed by atoms with Crippen LogP contribution in [-0.2, 0) is 42.1 Å². The molecule has 0 aliphatic carbocycles. The predicted octanol–water partition coefficient (Wildman–Crippen LogP) is 13.6. The van der Waals surface area contributed by atoms with Crippen LogP contribution in [0.5, 0.6) is 0 Å². The molecule has 340 valence electrons. The van der Waals surface area contributed by atoms with Crippen molar-refractivity contribution in [1.82, 2.24) is 9.97 Å². The monoisotopic (exact) mass is 1230 g/mol. The Balaban J connectivity index is 0.000000164. The van der Waals surface area contributed by atoms with Crippen molar-refractivity contribution in [1.29, 1.82) is 0 Å². The van der Waals surface area contributed by atoms with E-state index in [4.69, 9.17) is 0 Å². The molecule has 66 heavy (non-hydrogen) atoms. The maximum Gasteiger partial charge on any atom is 0.214 e. The van der Waals surface area contributed by atoms with E-state index in [1.807, 2.05) is 217 Å². The van der Waals surface area contributed by atoms with Gasteiger partial charge in [-0.15, -0.1) is 11.4 Å². The number of hydrogen-bond donors (Lipinski definition) is 0. The Morgan fingerprint density at radius 1 is 0.470 bits per heavy atom. The van der Waals surface area contributed by atoms with Crippen molar-refractivity contribution in [3.05, 3.63) is 242 Å². The second-order valence-electron chi connectivity index (χ2n) is 13.7. The average Bonchev–Trinajstić information content (AvgIpc) is 3.86. The normalized spacial score (nSPS) is 11.9. The number of nitrogens with zero attached hydrogens (tertiary/aromatic N) is 10. The fourth-order valence-electron chi connectivity index (χ4n) is 6.12. The molecule has 14 heteroatoms. The number of hydrogen-bond acceptors (Lipinski definition) is 8. The Hall–Kier alpha value is -7.00. The van der Waals surface area contributed by atoms with Gasteiger partial charge in [-0.3, -0.25) is 0 Å². The topological polar surface area (TPSA) is 91.7 Å². The van der Waals surface area contributed by atoms with E-state index in [2.05, 4.69) is 42.7 Å². The van der Waals surface area contributed by atoms with E-state index in [0.29, 0.717) is 11.6 Å². The van der Waals surface area contributed by atoms with Crippen LogP contribution in [-0.4, -0.2) is 36.7 Å². The largest absolute Gasteiger partial charge is 0.502 e. The van der Waals surface area contributed by atoms with Crippen molar-refractivity contribution in [2.45, 2.75) is 0 Å². The zero-order chi connectivity index (χ0) is 44.4. The zero-order valence-electron chi connectivity index (χ0n) is 35.6. The van der Waals surface area contributed by atoms with Crippen LogP contribution in [0.25, 0.3) is 10.6 Å². The maximum absolute atomic E-state index is 13.2. The van der Waals surface area contributed by atoms with Gasteiger partial charge in [-0.25, -0.2) is 9.97 Å². The SMILES string of the molecule is C(=Nc1ccccc1)[N-]c1ccccc1.C(=Nc1ccccc1)[N-]c1ccccc1.CN1[CH-]N(c2[c-]cccc2)c2nc(F)ccc21.CN1[CH-]N(c2[c-]cccc2)c2nc(F)ccc21.[Pt].[Pt]. The number of para-hydroxylation sites is 6. The summed E-state index contributed by atoms with van der Waals surface area (Å²) in [4.78, 5) is 23.7. The molecule has 0 atom stereocenters. The Bertz CT molecular complexity index is 2500. The Kier molecular flexibility index (Phi) is 19.8. The third kappa shape index (κ3) is 14.5. The van der Waals surface area contributed by atoms with Gasteiger partial charge in [0.25, 0.3) is 0 Å². The number of halogens is 2. The molecule has 0 N–H and O–H groups in total. The van der Waals surface area contributed by atoms with Crippen molar-refractivity contribution in [3.63, 3.8) is 0 Å². The van der Waals surface area contributed by atoms with Crippen LogP contribution in [0.4, 0.5) is 65.9 Å².